The second-order valence-electron chi connectivity index (χ2n) is 4.09. The zero-order valence-electron chi connectivity index (χ0n) is 11.7. The summed E-state index contributed by atoms with van der Waals surface area (Å²) in [4.78, 5) is 4.13. The first kappa shape index (κ1) is 16.1. The van der Waals surface area contributed by atoms with E-state index in [0.717, 1.165) is 9.87 Å². The lowest BCUT2D eigenvalue weighted by Gasteiger charge is -2.17. The average Bonchev–Trinajstić information content (AvgIpc) is 2.37. The van der Waals surface area contributed by atoms with Crippen molar-refractivity contribution >= 4 is 27.7 Å². The number of pyridine rings is 1. The molecular formula is C11H19N3O3S2. The number of nitrogens with zero attached hydrogens (tertiary/aromatic N) is 2. The summed E-state index contributed by atoms with van der Waals surface area (Å²) in [5.41, 5.74) is 1.28. The molecule has 0 aromatic carbocycles. The SMILES string of the molecule is COc1ncc(C(C)SC)cc1NS(=O)(=O)N(C)C. The van der Waals surface area contributed by atoms with E-state index in [2.05, 4.69) is 9.71 Å². The van der Waals surface area contributed by atoms with Crippen LogP contribution in [0.3, 0.4) is 0 Å². The molecule has 0 fully saturated rings. The van der Waals surface area contributed by atoms with E-state index in [9.17, 15) is 8.42 Å². The second kappa shape index (κ2) is 6.44. The molecule has 0 aliphatic rings. The van der Waals surface area contributed by atoms with Crippen LogP contribution in [0.1, 0.15) is 17.7 Å². The number of ether oxygens (including phenoxy) is 1. The monoisotopic (exact) mass is 305 g/mol. The molecular weight excluding hydrogens is 286 g/mol. The van der Waals surface area contributed by atoms with Crippen molar-refractivity contribution in [1.29, 1.82) is 0 Å². The zero-order chi connectivity index (χ0) is 14.6. The van der Waals surface area contributed by atoms with Gasteiger partial charge in [0.25, 0.3) is 0 Å². The molecule has 1 aromatic heterocycles. The summed E-state index contributed by atoms with van der Waals surface area (Å²) in [5.74, 6) is 0.252. The molecule has 19 heavy (non-hydrogen) atoms. The van der Waals surface area contributed by atoms with Gasteiger partial charge in [-0.3, -0.25) is 4.72 Å². The molecule has 1 rings (SSSR count). The second-order valence-corrected chi connectivity index (χ2v) is 7.16. The number of aromatic nitrogens is 1. The van der Waals surface area contributed by atoms with Gasteiger partial charge in [0.1, 0.15) is 5.69 Å². The summed E-state index contributed by atoms with van der Waals surface area (Å²) in [5, 5.41) is 0.223. The zero-order valence-corrected chi connectivity index (χ0v) is 13.3. The molecule has 1 N–H and O–H groups in total. The van der Waals surface area contributed by atoms with Gasteiger partial charge in [-0.15, -0.1) is 0 Å². The molecule has 0 saturated carbocycles. The fraction of sp³-hybridized carbons (Fsp3) is 0.545. The van der Waals surface area contributed by atoms with Crippen LogP contribution in [0.4, 0.5) is 5.69 Å². The molecule has 108 valence electrons. The lowest BCUT2D eigenvalue weighted by Crippen LogP contribution is -2.29. The molecule has 0 aliphatic heterocycles. The number of hydrogen-bond acceptors (Lipinski definition) is 5. The molecule has 1 atom stereocenters. The molecule has 0 bridgehead atoms. The molecule has 1 aromatic rings. The number of thioether (sulfide) groups is 1. The van der Waals surface area contributed by atoms with Crippen LogP contribution in [0.15, 0.2) is 12.3 Å². The highest BCUT2D eigenvalue weighted by atomic mass is 32.2. The Morgan fingerprint density at radius 2 is 2.11 bits per heavy atom. The highest BCUT2D eigenvalue weighted by molar-refractivity contribution is 7.98. The van der Waals surface area contributed by atoms with Crippen LogP contribution >= 0.6 is 11.8 Å². The van der Waals surface area contributed by atoms with E-state index in [1.807, 2.05) is 13.2 Å². The molecule has 0 aliphatic carbocycles. The van der Waals surface area contributed by atoms with Crippen molar-refractivity contribution in [2.75, 3.05) is 32.2 Å². The summed E-state index contributed by atoms with van der Waals surface area (Å²) in [6.45, 7) is 2.03. The maximum absolute atomic E-state index is 11.8. The third kappa shape index (κ3) is 3.99. The topological polar surface area (TPSA) is 71.5 Å². The molecule has 0 saturated heterocycles. The van der Waals surface area contributed by atoms with Crippen molar-refractivity contribution < 1.29 is 13.2 Å². The smallest absolute Gasteiger partial charge is 0.301 e. The molecule has 8 heteroatoms. The highest BCUT2D eigenvalue weighted by Crippen LogP contribution is 2.31. The highest BCUT2D eigenvalue weighted by Gasteiger charge is 2.18. The van der Waals surface area contributed by atoms with Gasteiger partial charge >= 0.3 is 10.2 Å². The maximum Gasteiger partial charge on any atom is 0.301 e. The van der Waals surface area contributed by atoms with E-state index in [1.165, 1.54) is 21.2 Å². The predicted molar refractivity (Wildman–Crippen MR) is 78.9 cm³/mol. The summed E-state index contributed by atoms with van der Waals surface area (Å²) in [6.07, 6.45) is 3.67. The standard InChI is InChI=1S/C11H19N3O3S2/c1-8(18-5)9-6-10(11(17-4)12-7-9)13-19(15,16)14(2)3/h6-8,13H,1-5H3. The summed E-state index contributed by atoms with van der Waals surface area (Å²) >= 11 is 1.66. The Labute approximate surface area is 118 Å². The minimum absolute atomic E-state index is 0.223. The Morgan fingerprint density at radius 1 is 1.47 bits per heavy atom. The molecule has 6 nitrogen and oxygen atoms in total. The van der Waals surface area contributed by atoms with Crippen LogP contribution in [-0.2, 0) is 10.2 Å². The average molecular weight is 305 g/mol. The molecule has 0 amide bonds. The Morgan fingerprint density at radius 3 is 2.58 bits per heavy atom. The third-order valence-electron chi connectivity index (χ3n) is 2.61. The van der Waals surface area contributed by atoms with Gasteiger partial charge in [0.15, 0.2) is 0 Å². The number of hydrogen-bond donors (Lipinski definition) is 1. The van der Waals surface area contributed by atoms with E-state index >= 15 is 0 Å². The van der Waals surface area contributed by atoms with E-state index in [4.69, 9.17) is 4.74 Å². The van der Waals surface area contributed by atoms with Gasteiger partial charge in [0.05, 0.1) is 7.11 Å². The first-order valence-electron chi connectivity index (χ1n) is 5.58. The molecule has 1 heterocycles. The van der Waals surface area contributed by atoms with Gasteiger partial charge < -0.3 is 4.74 Å². The van der Waals surface area contributed by atoms with E-state index in [-0.39, 0.29) is 11.1 Å². The first-order valence-corrected chi connectivity index (χ1v) is 8.31. The van der Waals surface area contributed by atoms with Gasteiger partial charge in [0, 0.05) is 25.5 Å². The van der Waals surface area contributed by atoms with Crippen molar-refractivity contribution in [3.8, 4) is 5.88 Å². The molecule has 0 radical (unpaired) electrons. The van der Waals surface area contributed by atoms with Crippen LogP contribution in [-0.4, -0.2) is 45.2 Å². The lowest BCUT2D eigenvalue weighted by molar-refractivity contribution is 0.399. The van der Waals surface area contributed by atoms with E-state index in [0.29, 0.717) is 5.69 Å². The number of anilines is 1. The molecule has 0 spiro atoms. The minimum Gasteiger partial charge on any atom is -0.479 e. The number of nitrogens with one attached hydrogen (secondary N) is 1. The van der Waals surface area contributed by atoms with Crippen LogP contribution < -0.4 is 9.46 Å². The van der Waals surface area contributed by atoms with Gasteiger partial charge in [-0.05, 0) is 24.8 Å². The van der Waals surface area contributed by atoms with Crippen LogP contribution in [0.2, 0.25) is 0 Å². The molecule has 1 unspecified atom stereocenters. The van der Waals surface area contributed by atoms with Crippen molar-refractivity contribution in [2.45, 2.75) is 12.2 Å². The van der Waals surface area contributed by atoms with Gasteiger partial charge in [0.2, 0.25) is 5.88 Å². The van der Waals surface area contributed by atoms with Crippen LogP contribution in [0.25, 0.3) is 0 Å². The van der Waals surface area contributed by atoms with Gasteiger partial charge in [-0.1, -0.05) is 0 Å². The van der Waals surface area contributed by atoms with Gasteiger partial charge in [-0.2, -0.15) is 24.5 Å². The van der Waals surface area contributed by atoms with Crippen LogP contribution in [0, 0.1) is 0 Å². The largest absolute Gasteiger partial charge is 0.479 e. The number of methoxy groups -OCH3 is 1. The van der Waals surface area contributed by atoms with Crippen molar-refractivity contribution in [3.63, 3.8) is 0 Å². The Kier molecular flexibility index (Phi) is 5.45. The van der Waals surface area contributed by atoms with E-state index < -0.39 is 10.2 Å². The number of rotatable bonds is 6. The maximum atomic E-state index is 11.8. The fourth-order valence-corrected chi connectivity index (χ4v) is 2.30. The first-order chi connectivity index (χ1) is 8.81. The fourth-order valence-electron chi connectivity index (χ4n) is 1.29. The van der Waals surface area contributed by atoms with Gasteiger partial charge in [-0.25, -0.2) is 4.98 Å². The Bertz CT molecular complexity index is 532. The van der Waals surface area contributed by atoms with Crippen molar-refractivity contribution in [2.24, 2.45) is 0 Å². The normalized spacial score (nSPS) is 13.4. The summed E-state index contributed by atoms with van der Waals surface area (Å²) < 4.78 is 32.3. The van der Waals surface area contributed by atoms with Crippen molar-refractivity contribution in [3.05, 3.63) is 17.8 Å². The summed E-state index contributed by atoms with van der Waals surface area (Å²) in [6, 6.07) is 1.74. The Hall–Kier alpha value is -0.990. The predicted octanol–water partition coefficient (Wildman–Crippen LogP) is 1.73. The minimum atomic E-state index is -3.58. The van der Waals surface area contributed by atoms with E-state index in [1.54, 1.807) is 24.0 Å². The van der Waals surface area contributed by atoms with Crippen LogP contribution in [0.5, 0.6) is 5.88 Å². The summed E-state index contributed by atoms with van der Waals surface area (Å²) in [7, 11) is 0.785. The third-order valence-corrected chi connectivity index (χ3v) is 5.03. The lowest BCUT2D eigenvalue weighted by atomic mass is 10.2. The van der Waals surface area contributed by atoms with Crippen molar-refractivity contribution in [1.82, 2.24) is 9.29 Å². The Balaban J connectivity index is 3.17. The quantitative estimate of drug-likeness (QED) is 0.866.